The first kappa shape index (κ1) is 21.7. The summed E-state index contributed by atoms with van der Waals surface area (Å²) >= 11 is 0. The van der Waals surface area contributed by atoms with Crippen LogP contribution in [0.3, 0.4) is 0 Å². The maximum Gasteiger partial charge on any atom is 0.275 e. The van der Waals surface area contributed by atoms with Gasteiger partial charge in [-0.15, -0.1) is 0 Å². The van der Waals surface area contributed by atoms with Gasteiger partial charge in [0.15, 0.2) is 11.5 Å². The van der Waals surface area contributed by atoms with Crippen LogP contribution in [0.1, 0.15) is 33.7 Å². The number of carbonyl (C=O) groups is 2. The minimum absolute atomic E-state index is 0.0425. The normalized spacial score (nSPS) is 16.1. The van der Waals surface area contributed by atoms with Crippen LogP contribution in [0.25, 0.3) is 0 Å². The molecule has 9 nitrogen and oxygen atoms in total. The first-order chi connectivity index (χ1) is 15.4. The monoisotopic (exact) mass is 440 g/mol. The predicted molar refractivity (Wildman–Crippen MR) is 115 cm³/mol. The molecule has 0 radical (unpaired) electrons. The summed E-state index contributed by atoms with van der Waals surface area (Å²) in [5.74, 6) is -1.77. The molecule has 1 aliphatic rings. The zero-order valence-corrected chi connectivity index (χ0v) is 18.0. The summed E-state index contributed by atoms with van der Waals surface area (Å²) in [6, 6.07) is 6.74. The number of hydrogen-bond acceptors (Lipinski definition) is 5. The zero-order valence-electron chi connectivity index (χ0n) is 18.0. The van der Waals surface area contributed by atoms with Crippen molar-refractivity contribution in [2.75, 3.05) is 18.6 Å². The first-order valence-corrected chi connectivity index (χ1v) is 10.4. The van der Waals surface area contributed by atoms with Gasteiger partial charge in [0.05, 0.1) is 30.3 Å². The molecule has 0 saturated carbocycles. The van der Waals surface area contributed by atoms with Crippen LogP contribution in [-0.4, -0.2) is 56.2 Å². The van der Waals surface area contributed by atoms with Gasteiger partial charge in [0.1, 0.15) is 6.04 Å². The molecule has 1 aromatic carbocycles. The second-order valence-electron chi connectivity index (χ2n) is 7.88. The standard InChI is InChI=1S/C22H25FN6O3/c1-27-19-11-24-28(2)18(19)7-6-17(22(27)32)25-21(31)20-16(23)13-29(26-20)12-15-5-3-4-14(10-15)8-9-30/h3-5,10-11,13,17,30H,6-9,12H2,1-2H3,(H,25,31). The van der Waals surface area contributed by atoms with Crippen LogP contribution in [0.4, 0.5) is 10.1 Å². The fourth-order valence-electron chi connectivity index (χ4n) is 3.97. The molecular weight excluding hydrogens is 415 g/mol. The topological polar surface area (TPSA) is 105 Å². The highest BCUT2D eigenvalue weighted by Crippen LogP contribution is 2.25. The lowest BCUT2D eigenvalue weighted by molar-refractivity contribution is -0.120. The fraction of sp³-hybridized carbons (Fsp3) is 0.364. The van der Waals surface area contributed by atoms with Crippen molar-refractivity contribution in [1.29, 1.82) is 0 Å². The molecule has 10 heteroatoms. The van der Waals surface area contributed by atoms with Crippen molar-refractivity contribution in [2.45, 2.75) is 31.8 Å². The van der Waals surface area contributed by atoms with Crippen molar-refractivity contribution in [3.8, 4) is 0 Å². The Morgan fingerprint density at radius 3 is 2.88 bits per heavy atom. The molecule has 0 bridgehead atoms. The molecule has 2 amide bonds. The van der Waals surface area contributed by atoms with E-state index in [4.69, 9.17) is 5.11 Å². The largest absolute Gasteiger partial charge is 0.396 e. The van der Waals surface area contributed by atoms with E-state index < -0.39 is 17.8 Å². The average molecular weight is 440 g/mol. The Balaban J connectivity index is 1.47. The maximum absolute atomic E-state index is 14.5. The van der Waals surface area contributed by atoms with Crippen LogP contribution >= 0.6 is 0 Å². The Morgan fingerprint density at radius 1 is 1.31 bits per heavy atom. The molecular formula is C22H25FN6O3. The number of rotatable bonds is 6. The zero-order chi connectivity index (χ0) is 22.8. The number of nitrogens with one attached hydrogen (secondary N) is 1. The van der Waals surface area contributed by atoms with Crippen molar-refractivity contribution in [3.63, 3.8) is 0 Å². The first-order valence-electron chi connectivity index (χ1n) is 10.4. The summed E-state index contributed by atoms with van der Waals surface area (Å²) < 4.78 is 17.6. The van der Waals surface area contributed by atoms with Crippen molar-refractivity contribution in [1.82, 2.24) is 24.9 Å². The minimum Gasteiger partial charge on any atom is -0.396 e. The van der Waals surface area contributed by atoms with Crippen LogP contribution < -0.4 is 10.2 Å². The molecule has 1 unspecified atom stereocenters. The summed E-state index contributed by atoms with van der Waals surface area (Å²) in [4.78, 5) is 27.0. The smallest absolute Gasteiger partial charge is 0.275 e. The van der Waals surface area contributed by atoms with E-state index in [1.165, 1.54) is 9.58 Å². The average Bonchev–Trinajstić information content (AvgIpc) is 3.29. The van der Waals surface area contributed by atoms with Crippen LogP contribution in [0.15, 0.2) is 36.7 Å². The Labute approximate surface area is 184 Å². The van der Waals surface area contributed by atoms with E-state index in [0.29, 0.717) is 24.9 Å². The van der Waals surface area contributed by atoms with E-state index in [9.17, 15) is 14.0 Å². The summed E-state index contributed by atoms with van der Waals surface area (Å²) in [6.45, 7) is 0.317. The van der Waals surface area contributed by atoms with Gasteiger partial charge in [-0.2, -0.15) is 10.2 Å². The molecule has 2 aromatic heterocycles. The predicted octanol–water partition coefficient (Wildman–Crippen LogP) is 1.05. The van der Waals surface area contributed by atoms with Gasteiger partial charge in [0.25, 0.3) is 5.91 Å². The maximum atomic E-state index is 14.5. The summed E-state index contributed by atoms with van der Waals surface area (Å²) in [5, 5.41) is 20.0. The Hall–Kier alpha value is -3.53. The minimum atomic E-state index is -0.792. The van der Waals surface area contributed by atoms with Crippen LogP contribution in [0, 0.1) is 5.82 Å². The second-order valence-corrected chi connectivity index (χ2v) is 7.88. The van der Waals surface area contributed by atoms with Gasteiger partial charge in [0, 0.05) is 20.7 Å². The molecule has 3 aromatic rings. The van der Waals surface area contributed by atoms with Crippen LogP contribution in [-0.2, 0) is 31.2 Å². The number of halogens is 1. The van der Waals surface area contributed by atoms with Crippen molar-refractivity contribution >= 4 is 17.5 Å². The number of aliphatic hydroxyl groups excluding tert-OH is 1. The number of anilines is 1. The number of benzene rings is 1. The summed E-state index contributed by atoms with van der Waals surface area (Å²) in [6.07, 6.45) is 4.23. The molecule has 1 aliphatic heterocycles. The van der Waals surface area contributed by atoms with Crippen LogP contribution in [0.5, 0.6) is 0 Å². The van der Waals surface area contributed by atoms with E-state index in [1.54, 1.807) is 25.0 Å². The van der Waals surface area contributed by atoms with Crippen LogP contribution in [0.2, 0.25) is 0 Å². The third-order valence-corrected chi connectivity index (χ3v) is 5.67. The molecule has 1 atom stereocenters. The lowest BCUT2D eigenvalue weighted by Crippen LogP contribution is -2.47. The number of carbonyl (C=O) groups excluding carboxylic acids is 2. The van der Waals surface area contributed by atoms with Gasteiger partial charge < -0.3 is 15.3 Å². The van der Waals surface area contributed by atoms with E-state index in [2.05, 4.69) is 15.5 Å². The van der Waals surface area contributed by atoms with Gasteiger partial charge in [-0.25, -0.2) is 4.39 Å². The Kier molecular flexibility index (Phi) is 6.04. The van der Waals surface area contributed by atoms with Crippen molar-refractivity contribution in [2.24, 2.45) is 7.05 Å². The highest BCUT2D eigenvalue weighted by Gasteiger charge is 2.32. The van der Waals surface area contributed by atoms with E-state index in [1.807, 2.05) is 24.3 Å². The quantitative estimate of drug-likeness (QED) is 0.596. The number of amides is 2. The molecule has 32 heavy (non-hydrogen) atoms. The number of aliphatic hydroxyl groups is 1. The molecule has 4 rings (SSSR count). The van der Waals surface area contributed by atoms with E-state index >= 15 is 0 Å². The van der Waals surface area contributed by atoms with Gasteiger partial charge in [-0.1, -0.05) is 24.3 Å². The Morgan fingerprint density at radius 2 is 2.09 bits per heavy atom. The number of aromatic nitrogens is 4. The van der Waals surface area contributed by atoms with Gasteiger partial charge in [0.2, 0.25) is 5.91 Å². The lowest BCUT2D eigenvalue weighted by Gasteiger charge is -2.20. The molecule has 0 saturated heterocycles. The van der Waals surface area contributed by atoms with Gasteiger partial charge >= 0.3 is 0 Å². The molecule has 0 spiro atoms. The third-order valence-electron chi connectivity index (χ3n) is 5.67. The molecule has 2 N–H and O–H groups in total. The number of fused-ring (bicyclic) bond motifs is 1. The van der Waals surface area contributed by atoms with E-state index in [0.717, 1.165) is 23.0 Å². The summed E-state index contributed by atoms with van der Waals surface area (Å²) in [5.41, 5.74) is 3.08. The number of hydrogen-bond donors (Lipinski definition) is 2. The highest BCUT2D eigenvalue weighted by molar-refractivity contribution is 6.02. The van der Waals surface area contributed by atoms with Crippen molar-refractivity contribution in [3.05, 3.63) is 65.0 Å². The number of likely N-dealkylation sites (N-methyl/N-ethyl adjacent to an activating group) is 1. The molecule has 3 heterocycles. The van der Waals surface area contributed by atoms with Crippen molar-refractivity contribution < 1.29 is 19.1 Å². The highest BCUT2D eigenvalue weighted by atomic mass is 19.1. The second kappa shape index (κ2) is 8.91. The molecule has 0 fully saturated rings. The summed E-state index contributed by atoms with van der Waals surface area (Å²) in [7, 11) is 3.44. The lowest BCUT2D eigenvalue weighted by atomic mass is 10.1. The third kappa shape index (κ3) is 4.26. The SMILES string of the molecule is CN1C(=O)C(NC(=O)c2nn(Cc3cccc(CCO)c3)cc2F)CCc2c1cnn2C. The Bertz CT molecular complexity index is 1150. The fourth-order valence-corrected chi connectivity index (χ4v) is 3.97. The van der Waals surface area contributed by atoms with Gasteiger partial charge in [-0.3, -0.25) is 19.0 Å². The number of aryl methyl sites for hydroxylation is 1. The van der Waals surface area contributed by atoms with E-state index in [-0.39, 0.29) is 24.8 Å². The number of nitrogens with zero attached hydrogens (tertiary/aromatic N) is 5. The van der Waals surface area contributed by atoms with Gasteiger partial charge in [-0.05, 0) is 30.4 Å². The molecule has 0 aliphatic carbocycles. The molecule has 168 valence electrons.